The van der Waals surface area contributed by atoms with Crippen molar-refractivity contribution in [2.75, 3.05) is 13.2 Å². The summed E-state index contributed by atoms with van der Waals surface area (Å²) in [6.07, 6.45) is 3.56. The van der Waals surface area contributed by atoms with Crippen molar-refractivity contribution in [2.45, 2.75) is 26.3 Å². The number of aryl methyl sites for hydroxylation is 1. The molecule has 29 heavy (non-hydrogen) atoms. The van der Waals surface area contributed by atoms with Gasteiger partial charge in [0.15, 0.2) is 0 Å². The number of hydrogen-bond donors (Lipinski definition) is 1. The number of carbonyl (C=O) groups excluding carboxylic acids is 1. The lowest BCUT2D eigenvalue weighted by Crippen LogP contribution is -2.42. The normalized spacial score (nSPS) is 12.0. The smallest absolute Gasteiger partial charge is 0.246 e. The average Bonchev–Trinajstić information content (AvgIpc) is 3.29. The molecule has 1 amide bonds. The molecule has 150 valence electrons. The Hall–Kier alpha value is -2.84. The van der Waals surface area contributed by atoms with E-state index in [2.05, 4.69) is 21.4 Å². The standard InChI is InChI=1S/C21H23N5O2S/c1-5-28-11-16(27)25-21(2,3)14-8-6-7-13(9-14)19-24-17-18-15(23-12-26(18)4)10-22-20(17)29-19/h6-10,12H,5,11H2,1-4H3,(H,25,27). The van der Waals surface area contributed by atoms with E-state index in [9.17, 15) is 4.79 Å². The SMILES string of the molecule is CCOCC(=O)NC(C)(C)c1cccc(-c2nc3c(ncc4ncn(C)c43)s2)c1. The largest absolute Gasteiger partial charge is 0.372 e. The van der Waals surface area contributed by atoms with Crippen LogP contribution in [0.1, 0.15) is 26.3 Å². The molecule has 0 saturated carbocycles. The number of ether oxygens (including phenoxy) is 1. The second-order valence-corrected chi connectivity index (χ2v) is 8.39. The van der Waals surface area contributed by atoms with E-state index in [1.54, 1.807) is 23.9 Å². The molecular weight excluding hydrogens is 386 g/mol. The maximum atomic E-state index is 12.1. The van der Waals surface area contributed by atoms with Crippen LogP contribution in [0.2, 0.25) is 0 Å². The fourth-order valence-corrected chi connectivity index (χ4v) is 4.23. The highest BCUT2D eigenvalue weighted by Crippen LogP contribution is 2.34. The van der Waals surface area contributed by atoms with Crippen LogP contribution in [0.4, 0.5) is 0 Å². The lowest BCUT2D eigenvalue weighted by Gasteiger charge is -2.27. The molecule has 0 saturated heterocycles. The Morgan fingerprint density at radius 3 is 2.93 bits per heavy atom. The van der Waals surface area contributed by atoms with Crippen LogP contribution in [0, 0.1) is 0 Å². The molecule has 3 heterocycles. The number of carbonyl (C=O) groups is 1. The van der Waals surface area contributed by atoms with Crippen LogP contribution in [0.5, 0.6) is 0 Å². The molecule has 0 aliphatic rings. The molecule has 0 atom stereocenters. The molecule has 0 radical (unpaired) electrons. The number of thiazole rings is 1. The van der Waals surface area contributed by atoms with Gasteiger partial charge in [0.25, 0.3) is 0 Å². The number of pyridine rings is 1. The highest BCUT2D eigenvalue weighted by molar-refractivity contribution is 7.21. The second-order valence-electron chi connectivity index (χ2n) is 7.41. The van der Waals surface area contributed by atoms with Gasteiger partial charge in [0.1, 0.15) is 27.5 Å². The summed E-state index contributed by atoms with van der Waals surface area (Å²) in [7, 11) is 1.96. The molecule has 3 aromatic heterocycles. The Balaban J connectivity index is 1.69. The Kier molecular flexibility index (Phi) is 5.06. The van der Waals surface area contributed by atoms with Crippen LogP contribution < -0.4 is 5.32 Å². The highest BCUT2D eigenvalue weighted by atomic mass is 32.1. The molecule has 0 spiro atoms. The van der Waals surface area contributed by atoms with Gasteiger partial charge in [0, 0.05) is 19.2 Å². The minimum absolute atomic E-state index is 0.0594. The summed E-state index contributed by atoms with van der Waals surface area (Å²) in [5.41, 5.74) is 4.14. The van der Waals surface area contributed by atoms with Crippen molar-refractivity contribution in [1.82, 2.24) is 24.8 Å². The van der Waals surface area contributed by atoms with Gasteiger partial charge < -0.3 is 14.6 Å². The minimum Gasteiger partial charge on any atom is -0.372 e. The maximum absolute atomic E-state index is 12.1. The van der Waals surface area contributed by atoms with Gasteiger partial charge in [0.2, 0.25) is 5.91 Å². The molecule has 8 heteroatoms. The number of nitrogens with one attached hydrogen (secondary N) is 1. The quantitative estimate of drug-likeness (QED) is 0.526. The van der Waals surface area contributed by atoms with Crippen LogP contribution in [-0.4, -0.2) is 38.6 Å². The minimum atomic E-state index is -0.533. The zero-order valence-corrected chi connectivity index (χ0v) is 17.7. The van der Waals surface area contributed by atoms with Gasteiger partial charge in [-0.3, -0.25) is 4.79 Å². The van der Waals surface area contributed by atoms with Gasteiger partial charge in [-0.05, 0) is 32.4 Å². The first-order valence-electron chi connectivity index (χ1n) is 9.45. The van der Waals surface area contributed by atoms with E-state index in [4.69, 9.17) is 9.72 Å². The Labute approximate surface area is 172 Å². The third kappa shape index (κ3) is 3.73. The maximum Gasteiger partial charge on any atom is 0.246 e. The number of rotatable bonds is 6. The highest BCUT2D eigenvalue weighted by Gasteiger charge is 2.24. The predicted octanol–water partition coefficient (Wildman–Crippen LogP) is 3.63. The first kappa shape index (κ1) is 19.5. The first-order chi connectivity index (χ1) is 13.9. The van der Waals surface area contributed by atoms with Crippen molar-refractivity contribution < 1.29 is 9.53 Å². The molecule has 1 N–H and O–H groups in total. The molecule has 0 bridgehead atoms. The fraction of sp³-hybridized carbons (Fsp3) is 0.333. The topological polar surface area (TPSA) is 81.9 Å². The molecule has 0 aliphatic heterocycles. The van der Waals surface area contributed by atoms with Gasteiger partial charge in [0.05, 0.1) is 23.6 Å². The van der Waals surface area contributed by atoms with Crippen molar-refractivity contribution in [3.05, 3.63) is 42.4 Å². The van der Waals surface area contributed by atoms with Crippen molar-refractivity contribution in [3.8, 4) is 10.6 Å². The fourth-order valence-electron chi connectivity index (χ4n) is 3.32. The summed E-state index contributed by atoms with van der Waals surface area (Å²) >= 11 is 1.55. The van der Waals surface area contributed by atoms with Gasteiger partial charge in [-0.15, -0.1) is 0 Å². The molecule has 4 aromatic rings. The van der Waals surface area contributed by atoms with Crippen molar-refractivity contribution >= 4 is 38.6 Å². The summed E-state index contributed by atoms with van der Waals surface area (Å²) in [6, 6.07) is 8.09. The zero-order valence-electron chi connectivity index (χ0n) is 16.9. The van der Waals surface area contributed by atoms with E-state index in [0.717, 1.165) is 37.5 Å². The molecule has 0 unspecified atom stereocenters. The van der Waals surface area contributed by atoms with E-state index in [-0.39, 0.29) is 12.5 Å². The van der Waals surface area contributed by atoms with Gasteiger partial charge in [-0.2, -0.15) is 0 Å². The summed E-state index contributed by atoms with van der Waals surface area (Å²) in [5, 5.41) is 3.92. The summed E-state index contributed by atoms with van der Waals surface area (Å²) < 4.78 is 7.18. The van der Waals surface area contributed by atoms with E-state index in [1.807, 2.05) is 50.6 Å². The van der Waals surface area contributed by atoms with E-state index in [1.165, 1.54) is 0 Å². The van der Waals surface area contributed by atoms with E-state index < -0.39 is 5.54 Å². The lowest BCUT2D eigenvalue weighted by atomic mass is 9.93. The van der Waals surface area contributed by atoms with Crippen molar-refractivity contribution in [1.29, 1.82) is 0 Å². The molecule has 4 rings (SSSR count). The molecule has 0 fully saturated rings. The number of amides is 1. The van der Waals surface area contributed by atoms with Gasteiger partial charge >= 0.3 is 0 Å². The number of aromatic nitrogens is 4. The number of benzene rings is 1. The molecule has 7 nitrogen and oxygen atoms in total. The van der Waals surface area contributed by atoms with Crippen molar-refractivity contribution in [2.24, 2.45) is 7.05 Å². The zero-order chi connectivity index (χ0) is 20.6. The van der Waals surface area contributed by atoms with Crippen LogP contribution in [0.3, 0.4) is 0 Å². The lowest BCUT2D eigenvalue weighted by molar-refractivity contribution is -0.127. The monoisotopic (exact) mass is 409 g/mol. The molecule has 0 aliphatic carbocycles. The number of hydrogen-bond acceptors (Lipinski definition) is 6. The summed E-state index contributed by atoms with van der Waals surface area (Å²) in [6.45, 7) is 6.40. The average molecular weight is 410 g/mol. The van der Waals surface area contributed by atoms with Crippen molar-refractivity contribution in [3.63, 3.8) is 0 Å². The number of imidazole rings is 1. The van der Waals surface area contributed by atoms with E-state index >= 15 is 0 Å². The number of nitrogens with zero attached hydrogens (tertiary/aromatic N) is 4. The van der Waals surface area contributed by atoms with Crippen LogP contribution in [-0.2, 0) is 22.1 Å². The first-order valence-corrected chi connectivity index (χ1v) is 10.3. The molecule has 1 aromatic carbocycles. The van der Waals surface area contributed by atoms with Gasteiger partial charge in [-0.1, -0.05) is 29.5 Å². The predicted molar refractivity (Wildman–Crippen MR) is 115 cm³/mol. The van der Waals surface area contributed by atoms with Crippen LogP contribution in [0.25, 0.3) is 32.0 Å². The third-order valence-electron chi connectivity index (χ3n) is 4.82. The van der Waals surface area contributed by atoms with Gasteiger partial charge in [-0.25, -0.2) is 15.0 Å². The summed E-state index contributed by atoms with van der Waals surface area (Å²) in [5.74, 6) is -0.134. The number of fused-ring (bicyclic) bond motifs is 3. The second kappa shape index (κ2) is 7.53. The van der Waals surface area contributed by atoms with Crippen LogP contribution >= 0.6 is 11.3 Å². The van der Waals surface area contributed by atoms with Crippen LogP contribution in [0.15, 0.2) is 36.8 Å². The van der Waals surface area contributed by atoms with E-state index in [0.29, 0.717) is 6.61 Å². The Morgan fingerprint density at radius 1 is 1.31 bits per heavy atom. The third-order valence-corrected chi connectivity index (χ3v) is 5.84. The molecular formula is C21H23N5O2S. The Bertz CT molecular complexity index is 1190. The summed E-state index contributed by atoms with van der Waals surface area (Å²) in [4.78, 5) is 26.7. The Morgan fingerprint density at radius 2 is 2.14 bits per heavy atom.